The van der Waals surface area contributed by atoms with Gasteiger partial charge in [-0.05, 0) is 16.3 Å². The summed E-state index contributed by atoms with van der Waals surface area (Å²) in [4.78, 5) is 25.8. The molecule has 0 bridgehead atoms. The van der Waals surface area contributed by atoms with Crippen LogP contribution in [0.3, 0.4) is 0 Å². The third kappa shape index (κ3) is 3.56. The lowest BCUT2D eigenvalue weighted by molar-refractivity contribution is -0.128. The van der Waals surface area contributed by atoms with Crippen LogP contribution in [0.4, 0.5) is 4.79 Å². The van der Waals surface area contributed by atoms with Crippen molar-refractivity contribution in [2.24, 2.45) is 0 Å². The minimum atomic E-state index is -0.264. The molecule has 1 aliphatic heterocycles. The number of hydrogen-bond acceptors (Lipinski definition) is 2. The summed E-state index contributed by atoms with van der Waals surface area (Å²) in [5, 5.41) is 7.83. The number of rotatable bonds is 5. The van der Waals surface area contributed by atoms with Crippen LogP contribution >= 0.6 is 0 Å². The lowest BCUT2D eigenvalue weighted by atomic mass is 10.0. The summed E-state index contributed by atoms with van der Waals surface area (Å²) in [5.41, 5.74) is 1.12. The van der Waals surface area contributed by atoms with Gasteiger partial charge in [0.1, 0.15) is 0 Å². The van der Waals surface area contributed by atoms with Crippen molar-refractivity contribution in [2.45, 2.75) is 19.0 Å². The number of carbonyl (C=O) groups is 2. The standard InChI is InChI=1S/C19H21N3O2/c1-2-10-20-19(24)21-16-11-18(23)22(13-16)12-15-8-5-7-14-6-3-4-9-17(14)15/h2-9,16H,1,10-13H2,(H2,20,21,24)/t16-/m1/s1. The van der Waals surface area contributed by atoms with E-state index in [1.54, 1.807) is 11.0 Å². The fraction of sp³-hybridized carbons (Fsp3) is 0.263. The smallest absolute Gasteiger partial charge is 0.315 e. The molecule has 2 aromatic carbocycles. The average Bonchev–Trinajstić information content (AvgIpc) is 2.92. The van der Waals surface area contributed by atoms with Crippen LogP contribution in [-0.2, 0) is 11.3 Å². The molecule has 0 radical (unpaired) electrons. The molecule has 2 N–H and O–H groups in total. The van der Waals surface area contributed by atoms with E-state index < -0.39 is 0 Å². The second-order valence-electron chi connectivity index (χ2n) is 5.96. The zero-order valence-corrected chi connectivity index (χ0v) is 13.5. The maximum Gasteiger partial charge on any atom is 0.315 e. The maximum absolute atomic E-state index is 12.3. The molecule has 24 heavy (non-hydrogen) atoms. The summed E-state index contributed by atoms with van der Waals surface area (Å²) < 4.78 is 0. The summed E-state index contributed by atoms with van der Waals surface area (Å²) in [7, 11) is 0. The van der Waals surface area contributed by atoms with Gasteiger partial charge in [-0.1, -0.05) is 48.5 Å². The molecule has 0 spiro atoms. The molecular formula is C19H21N3O2. The highest BCUT2D eigenvalue weighted by Crippen LogP contribution is 2.22. The fourth-order valence-corrected chi connectivity index (χ4v) is 3.06. The lowest BCUT2D eigenvalue weighted by Gasteiger charge is -2.18. The van der Waals surface area contributed by atoms with Crippen LogP contribution in [-0.4, -0.2) is 36.0 Å². The summed E-state index contributed by atoms with van der Waals surface area (Å²) in [6.45, 7) is 5.06. The fourth-order valence-electron chi connectivity index (χ4n) is 3.06. The molecule has 5 nitrogen and oxygen atoms in total. The van der Waals surface area contributed by atoms with Gasteiger partial charge in [0.25, 0.3) is 0 Å². The molecule has 2 aromatic rings. The first-order valence-electron chi connectivity index (χ1n) is 8.07. The quantitative estimate of drug-likeness (QED) is 0.830. The van der Waals surface area contributed by atoms with Gasteiger partial charge in [-0.3, -0.25) is 4.79 Å². The number of hydrogen-bond donors (Lipinski definition) is 2. The van der Waals surface area contributed by atoms with Gasteiger partial charge in [-0.15, -0.1) is 6.58 Å². The Morgan fingerprint density at radius 3 is 2.88 bits per heavy atom. The van der Waals surface area contributed by atoms with E-state index in [1.807, 2.05) is 24.3 Å². The van der Waals surface area contributed by atoms with E-state index in [4.69, 9.17) is 0 Å². The Hall–Kier alpha value is -2.82. The first-order chi connectivity index (χ1) is 11.7. The molecule has 0 unspecified atom stereocenters. The van der Waals surface area contributed by atoms with Gasteiger partial charge < -0.3 is 15.5 Å². The van der Waals surface area contributed by atoms with E-state index in [0.717, 1.165) is 10.9 Å². The number of urea groups is 1. The highest BCUT2D eigenvalue weighted by molar-refractivity contribution is 5.87. The van der Waals surface area contributed by atoms with Crippen molar-refractivity contribution in [1.82, 2.24) is 15.5 Å². The molecule has 1 heterocycles. The van der Waals surface area contributed by atoms with Gasteiger partial charge in [-0.2, -0.15) is 0 Å². The van der Waals surface area contributed by atoms with Crippen LogP contribution in [0.2, 0.25) is 0 Å². The molecule has 1 fully saturated rings. The normalized spacial score (nSPS) is 17.1. The van der Waals surface area contributed by atoms with Gasteiger partial charge in [-0.25, -0.2) is 4.79 Å². The monoisotopic (exact) mass is 323 g/mol. The second kappa shape index (κ2) is 7.17. The minimum Gasteiger partial charge on any atom is -0.336 e. The zero-order valence-electron chi connectivity index (χ0n) is 13.5. The van der Waals surface area contributed by atoms with Crippen LogP contribution < -0.4 is 10.6 Å². The first kappa shape index (κ1) is 16.1. The molecule has 5 heteroatoms. The highest BCUT2D eigenvalue weighted by atomic mass is 16.2. The minimum absolute atomic E-state index is 0.0666. The number of amides is 3. The Morgan fingerprint density at radius 2 is 2.04 bits per heavy atom. The number of nitrogens with one attached hydrogen (secondary N) is 2. The van der Waals surface area contributed by atoms with Gasteiger partial charge in [0.05, 0.1) is 6.04 Å². The number of nitrogens with zero attached hydrogens (tertiary/aromatic N) is 1. The van der Waals surface area contributed by atoms with E-state index in [2.05, 4.69) is 35.4 Å². The van der Waals surface area contributed by atoms with Gasteiger partial charge in [0.15, 0.2) is 0 Å². The van der Waals surface area contributed by atoms with Crippen LogP contribution in [0.5, 0.6) is 0 Å². The number of likely N-dealkylation sites (tertiary alicyclic amines) is 1. The zero-order chi connectivity index (χ0) is 16.9. The molecule has 0 aromatic heterocycles. The Labute approximate surface area is 141 Å². The van der Waals surface area contributed by atoms with Crippen molar-refractivity contribution in [1.29, 1.82) is 0 Å². The molecule has 124 valence electrons. The van der Waals surface area contributed by atoms with Crippen molar-refractivity contribution in [3.8, 4) is 0 Å². The molecule has 1 atom stereocenters. The third-order valence-electron chi connectivity index (χ3n) is 4.20. The Balaban J connectivity index is 1.66. The first-order valence-corrected chi connectivity index (χ1v) is 8.07. The van der Waals surface area contributed by atoms with Crippen LogP contribution in [0, 0.1) is 0 Å². The Morgan fingerprint density at radius 1 is 1.25 bits per heavy atom. The lowest BCUT2D eigenvalue weighted by Crippen LogP contribution is -2.43. The number of carbonyl (C=O) groups excluding carboxylic acids is 2. The van der Waals surface area contributed by atoms with Gasteiger partial charge in [0.2, 0.25) is 5.91 Å². The molecule has 0 saturated carbocycles. The van der Waals surface area contributed by atoms with Crippen molar-refractivity contribution in [2.75, 3.05) is 13.1 Å². The van der Waals surface area contributed by atoms with Crippen LogP contribution in [0.25, 0.3) is 10.8 Å². The predicted molar refractivity (Wildman–Crippen MR) is 94.5 cm³/mol. The van der Waals surface area contributed by atoms with Crippen LogP contribution in [0.1, 0.15) is 12.0 Å². The van der Waals surface area contributed by atoms with E-state index in [9.17, 15) is 9.59 Å². The van der Waals surface area contributed by atoms with E-state index >= 15 is 0 Å². The number of fused-ring (bicyclic) bond motifs is 1. The SMILES string of the molecule is C=CCNC(=O)N[C@@H]1CC(=O)N(Cc2cccc3ccccc23)C1. The summed E-state index contributed by atoms with van der Waals surface area (Å²) in [6, 6.07) is 13.9. The van der Waals surface area contributed by atoms with Crippen molar-refractivity contribution < 1.29 is 9.59 Å². The van der Waals surface area contributed by atoms with Crippen molar-refractivity contribution in [3.63, 3.8) is 0 Å². The molecule has 3 rings (SSSR count). The largest absolute Gasteiger partial charge is 0.336 e. The summed E-state index contributed by atoms with van der Waals surface area (Å²) in [5.74, 6) is 0.0666. The van der Waals surface area contributed by atoms with E-state index in [1.165, 1.54) is 5.39 Å². The van der Waals surface area contributed by atoms with E-state index in [0.29, 0.717) is 26.1 Å². The van der Waals surface area contributed by atoms with Gasteiger partial charge in [0, 0.05) is 26.1 Å². The van der Waals surface area contributed by atoms with Crippen LogP contribution in [0.15, 0.2) is 55.1 Å². The highest BCUT2D eigenvalue weighted by Gasteiger charge is 2.30. The molecule has 1 aliphatic rings. The Bertz CT molecular complexity index is 767. The second-order valence-corrected chi connectivity index (χ2v) is 5.96. The average molecular weight is 323 g/mol. The molecule has 0 aliphatic carbocycles. The van der Waals surface area contributed by atoms with Gasteiger partial charge >= 0.3 is 6.03 Å². The van der Waals surface area contributed by atoms with E-state index in [-0.39, 0.29) is 18.0 Å². The topological polar surface area (TPSA) is 61.4 Å². The summed E-state index contributed by atoms with van der Waals surface area (Å²) in [6.07, 6.45) is 1.96. The summed E-state index contributed by atoms with van der Waals surface area (Å²) >= 11 is 0. The third-order valence-corrected chi connectivity index (χ3v) is 4.20. The maximum atomic E-state index is 12.3. The molecule has 3 amide bonds. The predicted octanol–water partition coefficient (Wildman–Crippen LogP) is 2.43. The Kier molecular flexibility index (Phi) is 4.79. The number of benzene rings is 2. The molecule has 1 saturated heterocycles. The van der Waals surface area contributed by atoms with Crippen molar-refractivity contribution in [3.05, 3.63) is 60.7 Å². The molecular weight excluding hydrogens is 302 g/mol. The van der Waals surface area contributed by atoms with Crippen molar-refractivity contribution >= 4 is 22.7 Å².